The van der Waals surface area contributed by atoms with Crippen LogP contribution >= 0.6 is 11.8 Å². The molecule has 0 spiro atoms. The molecule has 0 aliphatic heterocycles. The van der Waals surface area contributed by atoms with Gasteiger partial charge in [-0.15, -0.1) is 0 Å². The highest BCUT2D eigenvalue weighted by atomic mass is 32.2. The molecule has 0 radical (unpaired) electrons. The van der Waals surface area contributed by atoms with Crippen LogP contribution in [0.2, 0.25) is 0 Å². The Morgan fingerprint density at radius 1 is 1.37 bits per heavy atom. The van der Waals surface area contributed by atoms with Crippen molar-refractivity contribution in [3.63, 3.8) is 0 Å². The molecule has 0 saturated heterocycles. The van der Waals surface area contributed by atoms with Crippen LogP contribution in [0.15, 0.2) is 20.5 Å². The predicted octanol–water partition coefficient (Wildman–Crippen LogP) is 1.06. The summed E-state index contributed by atoms with van der Waals surface area (Å²) in [5.41, 5.74) is 0.352. The molecular weight excluding hydrogens is 370 g/mol. The molecule has 10 nitrogen and oxygen atoms in total. The van der Waals surface area contributed by atoms with Crippen LogP contribution in [-0.2, 0) is 17.8 Å². The first-order chi connectivity index (χ1) is 12.8. The summed E-state index contributed by atoms with van der Waals surface area (Å²) < 4.78 is 6.43. The van der Waals surface area contributed by atoms with Crippen molar-refractivity contribution in [2.75, 3.05) is 12.8 Å². The SMILES string of the molecule is Cc1cc(=O)n2[nH]c(SCC(=O)N(C)Cc3noc(CC(C)C)n3)nc2n1. The standard InChI is InChI=1S/C16H21N7O3S/c1-9(2)5-12-18-11(21-26-12)7-22(4)14(25)8-27-16-19-15-17-10(3)6-13(24)23(15)20-16/h6,9H,5,7-8H2,1-4H3,(H,17,19,20). The molecule has 0 unspecified atom stereocenters. The average Bonchev–Trinajstić information content (AvgIpc) is 3.18. The number of carbonyl (C=O) groups excluding carboxylic acids is 1. The van der Waals surface area contributed by atoms with E-state index in [1.165, 1.54) is 27.2 Å². The maximum Gasteiger partial charge on any atom is 0.274 e. The Bertz CT molecular complexity index is 1010. The van der Waals surface area contributed by atoms with Gasteiger partial charge in [0, 0.05) is 25.2 Å². The van der Waals surface area contributed by atoms with E-state index >= 15 is 0 Å². The van der Waals surface area contributed by atoms with Crippen molar-refractivity contribution in [1.29, 1.82) is 0 Å². The number of nitrogens with zero attached hydrogens (tertiary/aromatic N) is 6. The summed E-state index contributed by atoms with van der Waals surface area (Å²) in [4.78, 5) is 38.4. The highest BCUT2D eigenvalue weighted by Gasteiger charge is 2.16. The van der Waals surface area contributed by atoms with Crippen LogP contribution in [0, 0.1) is 12.8 Å². The van der Waals surface area contributed by atoms with Crippen LogP contribution in [0.1, 0.15) is 31.3 Å². The van der Waals surface area contributed by atoms with Gasteiger partial charge in [0.15, 0.2) is 11.0 Å². The number of thioether (sulfide) groups is 1. The number of fused-ring (bicyclic) bond motifs is 1. The fourth-order valence-electron chi connectivity index (χ4n) is 2.37. The van der Waals surface area contributed by atoms with E-state index in [-0.39, 0.29) is 29.5 Å². The van der Waals surface area contributed by atoms with E-state index in [2.05, 4.69) is 39.1 Å². The first-order valence-corrected chi connectivity index (χ1v) is 9.45. The Kier molecular flexibility index (Phi) is 5.59. The van der Waals surface area contributed by atoms with Crippen molar-refractivity contribution >= 4 is 23.4 Å². The molecular formula is C16H21N7O3S. The highest BCUT2D eigenvalue weighted by molar-refractivity contribution is 7.99. The summed E-state index contributed by atoms with van der Waals surface area (Å²) in [5, 5.41) is 7.19. The number of H-pyrrole nitrogens is 1. The second-order valence-corrected chi connectivity index (χ2v) is 7.60. The van der Waals surface area contributed by atoms with Crippen LogP contribution in [0.25, 0.3) is 5.78 Å². The minimum Gasteiger partial charge on any atom is -0.339 e. The van der Waals surface area contributed by atoms with Gasteiger partial charge in [0.1, 0.15) is 0 Å². The molecule has 3 rings (SSSR count). The smallest absolute Gasteiger partial charge is 0.274 e. The predicted molar refractivity (Wildman–Crippen MR) is 98.4 cm³/mol. The van der Waals surface area contributed by atoms with Crippen LogP contribution in [0.4, 0.5) is 0 Å². The molecule has 0 aromatic carbocycles. The topological polar surface area (TPSA) is 122 Å². The monoisotopic (exact) mass is 391 g/mol. The number of nitrogens with one attached hydrogen (secondary N) is 1. The molecule has 0 atom stereocenters. The van der Waals surface area contributed by atoms with Crippen LogP contribution < -0.4 is 5.56 Å². The molecule has 144 valence electrons. The minimum absolute atomic E-state index is 0.118. The Hall–Kier alpha value is -2.69. The van der Waals surface area contributed by atoms with Gasteiger partial charge < -0.3 is 9.42 Å². The number of hydrogen-bond acceptors (Lipinski definition) is 8. The maximum atomic E-state index is 12.3. The Labute approximate surface area is 159 Å². The molecule has 1 N–H and O–H groups in total. The largest absolute Gasteiger partial charge is 0.339 e. The van der Waals surface area contributed by atoms with E-state index in [0.29, 0.717) is 34.9 Å². The van der Waals surface area contributed by atoms with Gasteiger partial charge in [0.05, 0.1) is 12.3 Å². The molecule has 11 heteroatoms. The minimum atomic E-state index is -0.241. The Morgan fingerprint density at radius 2 is 2.15 bits per heavy atom. The summed E-state index contributed by atoms with van der Waals surface area (Å²) >= 11 is 1.20. The van der Waals surface area contributed by atoms with Gasteiger partial charge in [0.25, 0.3) is 11.3 Å². The van der Waals surface area contributed by atoms with E-state index in [1.807, 2.05) is 0 Å². The first kappa shape index (κ1) is 19.1. The van der Waals surface area contributed by atoms with Crippen molar-refractivity contribution < 1.29 is 9.32 Å². The van der Waals surface area contributed by atoms with E-state index in [4.69, 9.17) is 4.52 Å². The number of rotatable bonds is 7. The van der Waals surface area contributed by atoms with Gasteiger partial charge in [-0.2, -0.15) is 14.5 Å². The number of aryl methyl sites for hydroxylation is 1. The second-order valence-electron chi connectivity index (χ2n) is 6.64. The third-order valence-corrected chi connectivity index (χ3v) is 4.52. The normalized spacial score (nSPS) is 11.4. The van der Waals surface area contributed by atoms with E-state index in [0.717, 1.165) is 0 Å². The number of aromatic nitrogens is 6. The summed E-state index contributed by atoms with van der Waals surface area (Å²) in [5.74, 6) is 1.79. The zero-order valence-electron chi connectivity index (χ0n) is 15.6. The van der Waals surface area contributed by atoms with Crippen molar-refractivity contribution in [2.24, 2.45) is 5.92 Å². The number of aromatic amines is 1. The van der Waals surface area contributed by atoms with E-state index < -0.39 is 0 Å². The first-order valence-electron chi connectivity index (χ1n) is 8.46. The third kappa shape index (κ3) is 4.73. The van der Waals surface area contributed by atoms with E-state index in [9.17, 15) is 9.59 Å². The van der Waals surface area contributed by atoms with Crippen molar-refractivity contribution in [1.82, 2.24) is 34.6 Å². The lowest BCUT2D eigenvalue weighted by Gasteiger charge is -2.13. The highest BCUT2D eigenvalue weighted by Crippen LogP contribution is 2.14. The fraction of sp³-hybridized carbons (Fsp3) is 0.500. The second kappa shape index (κ2) is 7.91. The molecule has 0 saturated carbocycles. The average molecular weight is 391 g/mol. The lowest BCUT2D eigenvalue weighted by atomic mass is 10.1. The van der Waals surface area contributed by atoms with Crippen molar-refractivity contribution in [3.8, 4) is 0 Å². The Balaban J connectivity index is 1.58. The number of carbonyl (C=O) groups is 1. The summed E-state index contributed by atoms with van der Waals surface area (Å²) in [7, 11) is 1.68. The van der Waals surface area contributed by atoms with E-state index in [1.54, 1.807) is 14.0 Å². The third-order valence-electron chi connectivity index (χ3n) is 3.67. The molecule has 3 aromatic rings. The quantitative estimate of drug-likeness (QED) is 0.593. The number of hydrogen-bond donors (Lipinski definition) is 1. The maximum absolute atomic E-state index is 12.3. The molecule has 3 aromatic heterocycles. The van der Waals surface area contributed by atoms with Gasteiger partial charge in [-0.25, -0.2) is 4.98 Å². The molecule has 1 amide bonds. The van der Waals surface area contributed by atoms with Gasteiger partial charge in [-0.05, 0) is 12.8 Å². The zero-order valence-corrected chi connectivity index (χ0v) is 16.4. The lowest BCUT2D eigenvalue weighted by Crippen LogP contribution is -2.28. The van der Waals surface area contributed by atoms with Crippen LogP contribution in [0.5, 0.6) is 0 Å². The number of amides is 1. The van der Waals surface area contributed by atoms with Crippen LogP contribution in [0.3, 0.4) is 0 Å². The van der Waals surface area contributed by atoms with Crippen LogP contribution in [-0.4, -0.2) is 53.3 Å². The van der Waals surface area contributed by atoms with Crippen molar-refractivity contribution in [2.45, 2.75) is 38.9 Å². The Morgan fingerprint density at radius 3 is 2.89 bits per heavy atom. The van der Waals surface area contributed by atoms with Crippen molar-refractivity contribution in [3.05, 3.63) is 33.8 Å². The molecule has 0 aliphatic carbocycles. The van der Waals surface area contributed by atoms with Gasteiger partial charge in [-0.3, -0.25) is 14.7 Å². The fourth-order valence-corrected chi connectivity index (χ4v) is 3.15. The molecule has 0 fully saturated rings. The summed E-state index contributed by atoms with van der Waals surface area (Å²) in [6.45, 7) is 6.13. The summed E-state index contributed by atoms with van der Waals surface area (Å²) in [6.07, 6.45) is 0.708. The molecule has 27 heavy (non-hydrogen) atoms. The van der Waals surface area contributed by atoms with Gasteiger partial charge >= 0.3 is 0 Å². The molecule has 3 heterocycles. The van der Waals surface area contributed by atoms with Gasteiger partial charge in [0.2, 0.25) is 11.8 Å². The summed E-state index contributed by atoms with van der Waals surface area (Å²) in [6, 6.07) is 1.41. The van der Waals surface area contributed by atoms with Gasteiger partial charge in [-0.1, -0.05) is 30.8 Å². The molecule has 0 aliphatic rings. The zero-order chi connectivity index (χ0) is 19.6. The lowest BCUT2D eigenvalue weighted by molar-refractivity contribution is -0.127. The molecule has 0 bridgehead atoms.